The summed E-state index contributed by atoms with van der Waals surface area (Å²) >= 11 is 1.84. The van der Waals surface area contributed by atoms with Gasteiger partial charge in [0, 0.05) is 29.4 Å². The summed E-state index contributed by atoms with van der Waals surface area (Å²) in [7, 11) is 4.18. The average Bonchev–Trinajstić information content (AvgIpc) is 3.05. The molecule has 0 radical (unpaired) electrons. The summed E-state index contributed by atoms with van der Waals surface area (Å²) < 4.78 is 5.61. The first kappa shape index (κ1) is 16.2. The standard InChI is InChI=1S/C16H24N2O2S/c1-13-4-7-16(21-13)11-18(9-8-17(2)3)10-14-5-6-15(12-19)20-14/h4-7,19H,8-12H2,1-3H3. The van der Waals surface area contributed by atoms with E-state index in [4.69, 9.17) is 9.52 Å². The molecule has 21 heavy (non-hydrogen) atoms. The van der Waals surface area contributed by atoms with Crippen molar-refractivity contribution in [1.29, 1.82) is 0 Å². The van der Waals surface area contributed by atoms with Crippen molar-refractivity contribution < 1.29 is 9.52 Å². The zero-order chi connectivity index (χ0) is 15.2. The fourth-order valence-corrected chi connectivity index (χ4v) is 3.09. The minimum absolute atomic E-state index is 0.0399. The Morgan fingerprint density at radius 2 is 1.81 bits per heavy atom. The summed E-state index contributed by atoms with van der Waals surface area (Å²) in [5.41, 5.74) is 0. The van der Waals surface area contributed by atoms with Gasteiger partial charge in [0.2, 0.25) is 0 Å². The third kappa shape index (κ3) is 5.28. The first-order chi connectivity index (χ1) is 10.1. The van der Waals surface area contributed by atoms with Crippen LogP contribution in [0.5, 0.6) is 0 Å². The molecule has 0 saturated carbocycles. The maximum atomic E-state index is 9.09. The lowest BCUT2D eigenvalue weighted by molar-refractivity contribution is 0.201. The highest BCUT2D eigenvalue weighted by molar-refractivity contribution is 7.11. The Balaban J connectivity index is 2.00. The molecule has 116 valence electrons. The largest absolute Gasteiger partial charge is 0.462 e. The van der Waals surface area contributed by atoms with Crippen LogP contribution in [0.3, 0.4) is 0 Å². The molecule has 0 fully saturated rings. The monoisotopic (exact) mass is 308 g/mol. The summed E-state index contributed by atoms with van der Waals surface area (Å²) in [5, 5.41) is 9.09. The van der Waals surface area contributed by atoms with Gasteiger partial charge in [-0.2, -0.15) is 0 Å². The van der Waals surface area contributed by atoms with Gasteiger partial charge in [-0.25, -0.2) is 0 Å². The molecule has 2 aromatic rings. The predicted molar refractivity (Wildman–Crippen MR) is 86.4 cm³/mol. The third-order valence-corrected chi connectivity index (χ3v) is 4.28. The van der Waals surface area contributed by atoms with E-state index in [0.29, 0.717) is 5.76 Å². The lowest BCUT2D eigenvalue weighted by Gasteiger charge is -2.22. The number of nitrogens with zero attached hydrogens (tertiary/aromatic N) is 2. The van der Waals surface area contributed by atoms with Gasteiger partial charge in [0.25, 0.3) is 0 Å². The molecular formula is C16H24N2O2S. The highest BCUT2D eigenvalue weighted by atomic mass is 32.1. The number of aryl methyl sites for hydroxylation is 1. The Bertz CT molecular complexity index is 548. The maximum Gasteiger partial charge on any atom is 0.129 e. The van der Waals surface area contributed by atoms with Crippen molar-refractivity contribution in [3.05, 3.63) is 45.5 Å². The minimum atomic E-state index is -0.0399. The SMILES string of the molecule is Cc1ccc(CN(CCN(C)C)Cc2ccc(CO)o2)s1. The topological polar surface area (TPSA) is 39.9 Å². The zero-order valence-electron chi connectivity index (χ0n) is 13.0. The highest BCUT2D eigenvalue weighted by Gasteiger charge is 2.11. The van der Waals surface area contributed by atoms with Gasteiger partial charge in [0.1, 0.15) is 18.1 Å². The lowest BCUT2D eigenvalue weighted by Crippen LogP contribution is -2.30. The summed E-state index contributed by atoms with van der Waals surface area (Å²) in [6.07, 6.45) is 0. The second-order valence-electron chi connectivity index (χ2n) is 5.55. The summed E-state index contributed by atoms with van der Waals surface area (Å²) in [6.45, 7) is 5.80. The molecule has 0 saturated heterocycles. The van der Waals surface area contributed by atoms with Crippen LogP contribution in [-0.4, -0.2) is 42.1 Å². The summed E-state index contributed by atoms with van der Waals surface area (Å²) in [4.78, 5) is 7.29. The first-order valence-corrected chi connectivity index (χ1v) is 7.99. The smallest absolute Gasteiger partial charge is 0.129 e. The number of hydrogen-bond acceptors (Lipinski definition) is 5. The normalized spacial score (nSPS) is 11.7. The molecule has 2 rings (SSSR count). The fraction of sp³-hybridized carbons (Fsp3) is 0.500. The molecule has 0 aliphatic rings. The van der Waals surface area contributed by atoms with Crippen LogP contribution in [0.4, 0.5) is 0 Å². The van der Waals surface area contributed by atoms with Crippen molar-refractivity contribution in [1.82, 2.24) is 9.80 Å². The number of hydrogen-bond donors (Lipinski definition) is 1. The molecule has 0 aromatic carbocycles. The molecule has 1 N–H and O–H groups in total. The second-order valence-corrected chi connectivity index (χ2v) is 6.92. The van der Waals surface area contributed by atoms with Crippen molar-refractivity contribution in [3.63, 3.8) is 0 Å². The molecule has 5 heteroatoms. The van der Waals surface area contributed by atoms with Crippen LogP contribution >= 0.6 is 11.3 Å². The van der Waals surface area contributed by atoms with E-state index in [2.05, 4.69) is 43.0 Å². The van der Waals surface area contributed by atoms with Gasteiger partial charge >= 0.3 is 0 Å². The molecule has 0 atom stereocenters. The van der Waals surface area contributed by atoms with Gasteiger partial charge in [0.05, 0.1) is 6.54 Å². The molecule has 2 heterocycles. The molecule has 0 unspecified atom stereocenters. The zero-order valence-corrected chi connectivity index (χ0v) is 13.8. The van der Waals surface area contributed by atoms with Crippen LogP contribution in [0.15, 0.2) is 28.7 Å². The third-order valence-electron chi connectivity index (χ3n) is 3.29. The summed E-state index contributed by atoms with van der Waals surface area (Å²) in [5.74, 6) is 1.54. The Kier molecular flexibility index (Phi) is 5.99. The Morgan fingerprint density at radius 1 is 1.05 bits per heavy atom. The van der Waals surface area contributed by atoms with Gasteiger partial charge in [-0.05, 0) is 45.3 Å². The van der Waals surface area contributed by atoms with Gasteiger partial charge < -0.3 is 14.4 Å². The van der Waals surface area contributed by atoms with Crippen molar-refractivity contribution in [2.24, 2.45) is 0 Å². The van der Waals surface area contributed by atoms with Crippen LogP contribution < -0.4 is 0 Å². The number of thiophene rings is 1. The van der Waals surface area contributed by atoms with Crippen LogP contribution in [0.25, 0.3) is 0 Å². The number of aliphatic hydroxyl groups is 1. The highest BCUT2D eigenvalue weighted by Crippen LogP contribution is 2.19. The fourth-order valence-electron chi connectivity index (χ4n) is 2.16. The Labute approximate surface area is 130 Å². The van der Waals surface area contributed by atoms with E-state index >= 15 is 0 Å². The van der Waals surface area contributed by atoms with Gasteiger partial charge in [-0.3, -0.25) is 4.90 Å². The first-order valence-electron chi connectivity index (χ1n) is 7.17. The van der Waals surface area contributed by atoms with Crippen LogP contribution in [-0.2, 0) is 19.7 Å². The number of furan rings is 1. The van der Waals surface area contributed by atoms with E-state index in [1.807, 2.05) is 23.5 Å². The van der Waals surface area contributed by atoms with Crippen LogP contribution in [0.2, 0.25) is 0 Å². The molecule has 2 aromatic heterocycles. The van der Waals surface area contributed by atoms with Crippen molar-refractivity contribution in [2.45, 2.75) is 26.6 Å². The van der Waals surface area contributed by atoms with Gasteiger partial charge in [-0.1, -0.05) is 0 Å². The van der Waals surface area contributed by atoms with Gasteiger partial charge in [0.15, 0.2) is 0 Å². The van der Waals surface area contributed by atoms with E-state index in [-0.39, 0.29) is 6.61 Å². The van der Waals surface area contributed by atoms with E-state index in [0.717, 1.165) is 31.9 Å². The van der Waals surface area contributed by atoms with E-state index < -0.39 is 0 Å². The molecule has 0 bridgehead atoms. The molecule has 0 aliphatic heterocycles. The van der Waals surface area contributed by atoms with E-state index in [1.165, 1.54) is 9.75 Å². The predicted octanol–water partition coefficient (Wildman–Crippen LogP) is 2.71. The molecule has 0 aliphatic carbocycles. The van der Waals surface area contributed by atoms with Crippen LogP contribution in [0.1, 0.15) is 21.3 Å². The molecule has 4 nitrogen and oxygen atoms in total. The molecule has 0 spiro atoms. The minimum Gasteiger partial charge on any atom is -0.462 e. The van der Waals surface area contributed by atoms with Crippen molar-refractivity contribution in [3.8, 4) is 0 Å². The van der Waals surface area contributed by atoms with Crippen molar-refractivity contribution >= 4 is 11.3 Å². The number of rotatable bonds is 8. The van der Waals surface area contributed by atoms with Gasteiger partial charge in [-0.15, -0.1) is 11.3 Å². The Morgan fingerprint density at radius 3 is 2.38 bits per heavy atom. The summed E-state index contributed by atoms with van der Waals surface area (Å²) in [6, 6.07) is 8.16. The second kappa shape index (κ2) is 7.75. The van der Waals surface area contributed by atoms with E-state index in [1.54, 1.807) is 0 Å². The quantitative estimate of drug-likeness (QED) is 0.814. The number of likely N-dealkylation sites (N-methyl/N-ethyl adjacent to an activating group) is 1. The van der Waals surface area contributed by atoms with Crippen LogP contribution in [0, 0.1) is 6.92 Å². The maximum absolute atomic E-state index is 9.09. The average molecular weight is 308 g/mol. The van der Waals surface area contributed by atoms with E-state index in [9.17, 15) is 0 Å². The van der Waals surface area contributed by atoms with Crippen molar-refractivity contribution in [2.75, 3.05) is 27.2 Å². The molecular weight excluding hydrogens is 284 g/mol. The Hall–Kier alpha value is -1.14. The lowest BCUT2D eigenvalue weighted by atomic mass is 10.3. The molecule has 0 amide bonds. The number of aliphatic hydroxyl groups excluding tert-OH is 1.